The molecular weight excluding hydrogens is 348 g/mol. The van der Waals surface area contributed by atoms with Gasteiger partial charge in [-0.2, -0.15) is 0 Å². The summed E-state index contributed by atoms with van der Waals surface area (Å²) >= 11 is 5.94. The maximum Gasteiger partial charge on any atom is 0.261 e. The monoisotopic (exact) mass is 360 g/mol. The van der Waals surface area contributed by atoms with Crippen LogP contribution >= 0.6 is 11.6 Å². The van der Waals surface area contributed by atoms with Crippen LogP contribution in [0, 0.1) is 6.92 Å². The molecule has 2 aromatic carbocycles. The molecule has 6 nitrogen and oxygen atoms in total. The SMILES string of the molecule is Cc1ccc(NS(=O)(=O)c2cccc(S(N)(=O)=O)c2)cc1Cl. The van der Waals surface area contributed by atoms with Gasteiger partial charge in [-0.3, -0.25) is 4.72 Å². The number of anilines is 1. The number of benzene rings is 2. The van der Waals surface area contributed by atoms with Crippen molar-refractivity contribution in [1.82, 2.24) is 0 Å². The third kappa shape index (κ3) is 3.77. The van der Waals surface area contributed by atoms with E-state index in [0.29, 0.717) is 5.02 Å². The molecule has 0 saturated carbocycles. The van der Waals surface area contributed by atoms with Crippen LogP contribution in [0.4, 0.5) is 5.69 Å². The highest BCUT2D eigenvalue weighted by atomic mass is 35.5. The Kier molecular flexibility index (Phi) is 4.48. The van der Waals surface area contributed by atoms with Gasteiger partial charge in [-0.1, -0.05) is 23.7 Å². The molecule has 0 aliphatic rings. The van der Waals surface area contributed by atoms with Crippen LogP contribution in [0.5, 0.6) is 0 Å². The van der Waals surface area contributed by atoms with E-state index in [4.69, 9.17) is 16.7 Å². The third-order valence-corrected chi connectivity index (χ3v) is 5.57. The first kappa shape index (κ1) is 16.8. The van der Waals surface area contributed by atoms with E-state index in [2.05, 4.69) is 4.72 Å². The van der Waals surface area contributed by atoms with Crippen molar-refractivity contribution in [3.63, 3.8) is 0 Å². The average molecular weight is 361 g/mol. The first-order valence-corrected chi connectivity index (χ1v) is 9.42. The number of hydrogen-bond donors (Lipinski definition) is 2. The van der Waals surface area contributed by atoms with Crippen LogP contribution in [0.2, 0.25) is 5.02 Å². The Balaban J connectivity index is 2.40. The number of primary sulfonamides is 1. The minimum atomic E-state index is -3.98. The van der Waals surface area contributed by atoms with Crippen molar-refractivity contribution in [3.05, 3.63) is 53.1 Å². The van der Waals surface area contributed by atoms with Crippen molar-refractivity contribution in [2.75, 3.05) is 4.72 Å². The number of sulfonamides is 2. The Hall–Kier alpha value is -1.61. The number of rotatable bonds is 4. The third-order valence-electron chi connectivity index (χ3n) is 2.87. The summed E-state index contributed by atoms with van der Waals surface area (Å²) in [6.45, 7) is 1.79. The van der Waals surface area contributed by atoms with Crippen LogP contribution in [0.1, 0.15) is 5.56 Å². The molecule has 0 spiro atoms. The highest BCUT2D eigenvalue weighted by molar-refractivity contribution is 7.93. The summed E-state index contributed by atoms with van der Waals surface area (Å²) in [5.41, 5.74) is 1.08. The lowest BCUT2D eigenvalue weighted by molar-refractivity contribution is 0.597. The van der Waals surface area contributed by atoms with Crippen molar-refractivity contribution in [2.24, 2.45) is 5.14 Å². The molecule has 0 unspecified atom stereocenters. The Morgan fingerprint density at radius 3 is 2.23 bits per heavy atom. The van der Waals surface area contributed by atoms with Gasteiger partial charge in [-0.15, -0.1) is 0 Å². The van der Waals surface area contributed by atoms with E-state index in [1.807, 2.05) is 0 Å². The fourth-order valence-electron chi connectivity index (χ4n) is 1.69. The quantitative estimate of drug-likeness (QED) is 0.870. The van der Waals surface area contributed by atoms with Crippen LogP contribution in [-0.2, 0) is 20.0 Å². The van der Waals surface area contributed by atoms with Crippen molar-refractivity contribution in [3.8, 4) is 0 Å². The lowest BCUT2D eigenvalue weighted by Gasteiger charge is -2.10. The van der Waals surface area contributed by atoms with E-state index in [-0.39, 0.29) is 15.5 Å². The fourth-order valence-corrected chi connectivity index (χ4v) is 3.60. The molecule has 0 aliphatic carbocycles. The fraction of sp³-hybridized carbons (Fsp3) is 0.0769. The van der Waals surface area contributed by atoms with Gasteiger partial charge in [0.2, 0.25) is 10.0 Å². The Bertz CT molecular complexity index is 925. The second-order valence-electron chi connectivity index (χ2n) is 4.59. The van der Waals surface area contributed by atoms with Crippen LogP contribution in [0.3, 0.4) is 0 Å². The van der Waals surface area contributed by atoms with Gasteiger partial charge in [-0.25, -0.2) is 22.0 Å². The van der Waals surface area contributed by atoms with Crippen molar-refractivity contribution < 1.29 is 16.8 Å². The predicted molar refractivity (Wildman–Crippen MR) is 84.8 cm³/mol. The molecular formula is C13H13ClN2O4S2. The Labute approximate surface area is 134 Å². The number of nitrogens with two attached hydrogens (primary N) is 1. The molecule has 0 atom stereocenters. The van der Waals surface area contributed by atoms with E-state index in [1.54, 1.807) is 19.1 Å². The highest BCUT2D eigenvalue weighted by Crippen LogP contribution is 2.23. The average Bonchev–Trinajstić information content (AvgIpc) is 2.42. The standard InChI is InChI=1S/C13H13ClN2O4S2/c1-9-5-6-10(7-13(9)14)16-22(19,20)12-4-2-3-11(8-12)21(15,17)18/h2-8,16H,1H3,(H2,15,17,18). The minimum absolute atomic E-state index is 0.212. The van der Waals surface area contributed by atoms with Crippen LogP contribution in [0.25, 0.3) is 0 Å². The van der Waals surface area contributed by atoms with Crippen LogP contribution in [-0.4, -0.2) is 16.8 Å². The number of nitrogens with one attached hydrogen (secondary N) is 1. The molecule has 9 heteroatoms. The normalized spacial score (nSPS) is 12.1. The van der Waals surface area contributed by atoms with Gasteiger partial charge in [0.05, 0.1) is 15.5 Å². The van der Waals surface area contributed by atoms with Crippen LogP contribution < -0.4 is 9.86 Å². The van der Waals surface area contributed by atoms with Gasteiger partial charge < -0.3 is 0 Å². The first-order chi connectivity index (χ1) is 10.1. The molecule has 0 amide bonds. The topological polar surface area (TPSA) is 106 Å². The predicted octanol–water partition coefficient (Wildman–Crippen LogP) is 2.10. The largest absolute Gasteiger partial charge is 0.280 e. The first-order valence-electron chi connectivity index (χ1n) is 6.01. The van der Waals surface area contributed by atoms with Gasteiger partial charge in [-0.05, 0) is 42.8 Å². The summed E-state index contributed by atoms with van der Waals surface area (Å²) in [6.07, 6.45) is 0. The molecule has 0 radical (unpaired) electrons. The Morgan fingerprint density at radius 2 is 1.64 bits per heavy atom. The molecule has 3 N–H and O–H groups in total. The maximum absolute atomic E-state index is 12.3. The number of halogens is 1. The minimum Gasteiger partial charge on any atom is -0.280 e. The summed E-state index contributed by atoms with van der Waals surface area (Å²) < 4.78 is 49.5. The Morgan fingerprint density at radius 1 is 1.00 bits per heavy atom. The summed E-state index contributed by atoms with van der Waals surface area (Å²) in [7, 11) is -7.94. The molecule has 0 bridgehead atoms. The van der Waals surface area contributed by atoms with Gasteiger partial charge in [0.25, 0.3) is 10.0 Å². The van der Waals surface area contributed by atoms with Gasteiger partial charge in [0.15, 0.2) is 0 Å². The second-order valence-corrected chi connectivity index (χ2v) is 8.24. The smallest absolute Gasteiger partial charge is 0.261 e. The van der Waals surface area contributed by atoms with Crippen LogP contribution in [0.15, 0.2) is 52.3 Å². The zero-order valence-corrected chi connectivity index (χ0v) is 13.8. The summed E-state index contributed by atoms with van der Waals surface area (Å²) in [5.74, 6) is 0. The summed E-state index contributed by atoms with van der Waals surface area (Å²) in [5, 5.41) is 5.41. The number of aryl methyl sites for hydroxylation is 1. The van der Waals surface area contributed by atoms with Crippen molar-refractivity contribution >= 4 is 37.3 Å². The summed E-state index contributed by atoms with van der Waals surface area (Å²) in [6, 6.07) is 9.48. The molecule has 2 aromatic rings. The zero-order chi connectivity index (χ0) is 16.5. The van der Waals surface area contributed by atoms with Crippen molar-refractivity contribution in [1.29, 1.82) is 0 Å². The molecule has 0 saturated heterocycles. The van der Waals surface area contributed by atoms with E-state index < -0.39 is 20.0 Å². The lowest BCUT2D eigenvalue weighted by atomic mass is 10.2. The van der Waals surface area contributed by atoms with Gasteiger partial charge in [0.1, 0.15) is 0 Å². The lowest BCUT2D eigenvalue weighted by Crippen LogP contribution is -2.16. The van der Waals surface area contributed by atoms with E-state index >= 15 is 0 Å². The second kappa shape index (κ2) is 5.88. The maximum atomic E-state index is 12.3. The van der Waals surface area contributed by atoms with E-state index in [0.717, 1.165) is 11.6 Å². The molecule has 0 aliphatic heterocycles. The molecule has 2 rings (SSSR count). The molecule has 22 heavy (non-hydrogen) atoms. The van der Waals surface area contributed by atoms with Crippen molar-refractivity contribution in [2.45, 2.75) is 16.7 Å². The molecule has 0 fully saturated rings. The zero-order valence-electron chi connectivity index (χ0n) is 11.4. The van der Waals surface area contributed by atoms with E-state index in [1.165, 1.54) is 24.3 Å². The molecule has 0 aromatic heterocycles. The molecule has 0 heterocycles. The van der Waals surface area contributed by atoms with Gasteiger partial charge >= 0.3 is 0 Å². The summed E-state index contributed by atoms with van der Waals surface area (Å²) in [4.78, 5) is -0.493. The number of hydrogen-bond acceptors (Lipinski definition) is 4. The highest BCUT2D eigenvalue weighted by Gasteiger charge is 2.17. The molecule has 118 valence electrons. The van der Waals surface area contributed by atoms with Gasteiger partial charge in [0, 0.05) is 5.02 Å². The van der Waals surface area contributed by atoms with E-state index in [9.17, 15) is 16.8 Å².